The average Bonchev–Trinajstić information content (AvgIpc) is 2.99. The maximum Gasteiger partial charge on any atom is 0.488 e. The molecule has 0 bridgehead atoms. The van der Waals surface area contributed by atoms with Gasteiger partial charge >= 0.3 is 13.2 Å². The molecule has 29 heavy (non-hydrogen) atoms. The Balaban J connectivity index is 2.25. The molecular formula is C16H22BN5O7. The lowest BCUT2D eigenvalue weighted by molar-refractivity contribution is -0.383. The highest BCUT2D eigenvalue weighted by molar-refractivity contribution is 6.59. The Morgan fingerprint density at radius 1 is 1.38 bits per heavy atom. The summed E-state index contributed by atoms with van der Waals surface area (Å²) in [6, 6.07) is 1.33. The molecule has 2 rings (SSSR count). The van der Waals surface area contributed by atoms with Crippen LogP contribution in [0.25, 0.3) is 11.0 Å². The quantitative estimate of drug-likeness (QED) is 0.312. The van der Waals surface area contributed by atoms with Crippen LogP contribution in [0.1, 0.15) is 27.7 Å². The first-order valence-corrected chi connectivity index (χ1v) is 8.61. The molecule has 1 atom stereocenters. The number of nitro groups is 1. The van der Waals surface area contributed by atoms with E-state index in [0.717, 1.165) is 11.0 Å². The van der Waals surface area contributed by atoms with Crippen LogP contribution in [0.4, 0.5) is 16.4 Å². The fourth-order valence-electron chi connectivity index (χ4n) is 2.36. The van der Waals surface area contributed by atoms with Crippen molar-refractivity contribution in [3.05, 3.63) is 22.2 Å². The smallest absolute Gasteiger partial charge is 0.444 e. The van der Waals surface area contributed by atoms with E-state index in [-0.39, 0.29) is 22.4 Å². The Labute approximate surface area is 166 Å². The Bertz CT molecular complexity index is 953. The van der Waals surface area contributed by atoms with Crippen LogP contribution in [0.3, 0.4) is 0 Å². The summed E-state index contributed by atoms with van der Waals surface area (Å²) in [6.07, 6.45) is -0.693. The summed E-state index contributed by atoms with van der Waals surface area (Å²) in [5.41, 5.74) is -1.23. The van der Waals surface area contributed by atoms with Crippen LogP contribution >= 0.6 is 0 Å². The highest BCUT2D eigenvalue weighted by Gasteiger charge is 2.28. The number of imidazole rings is 1. The van der Waals surface area contributed by atoms with Crippen molar-refractivity contribution in [1.29, 1.82) is 0 Å². The number of ether oxygens (including phenoxy) is 1. The molecule has 1 aromatic carbocycles. The number of anilines is 1. The van der Waals surface area contributed by atoms with Crippen molar-refractivity contribution in [3.63, 3.8) is 0 Å². The van der Waals surface area contributed by atoms with Gasteiger partial charge in [-0.2, -0.15) is 0 Å². The van der Waals surface area contributed by atoms with Gasteiger partial charge in [0.2, 0.25) is 11.9 Å². The van der Waals surface area contributed by atoms with Gasteiger partial charge in [-0.1, -0.05) is 0 Å². The standard InChI is InChI=1S/C16H22BN5O7/c1-8(21(5)15(24)29-16(2,3)4)13(23)20-14-18-10-6-9(17(25)26)7-11(22(27)28)12(10)19-14/h6-8,25-26H,1-5H3,(H2,18,19,20,23). The molecule has 13 heteroatoms. The number of aromatic nitrogens is 2. The molecule has 12 nitrogen and oxygen atoms in total. The zero-order valence-corrected chi connectivity index (χ0v) is 16.6. The molecule has 1 aromatic heterocycles. The molecule has 2 amide bonds. The number of likely N-dealkylation sites (N-methyl/N-ethyl adjacent to an activating group) is 1. The molecular weight excluding hydrogens is 385 g/mol. The van der Waals surface area contributed by atoms with Crippen LogP contribution < -0.4 is 10.8 Å². The Morgan fingerprint density at radius 2 is 2.00 bits per heavy atom. The van der Waals surface area contributed by atoms with Crippen molar-refractivity contribution in [1.82, 2.24) is 14.9 Å². The topological polar surface area (TPSA) is 171 Å². The molecule has 0 aliphatic carbocycles. The second kappa shape index (κ2) is 8.05. The lowest BCUT2D eigenvalue weighted by Gasteiger charge is -2.27. The summed E-state index contributed by atoms with van der Waals surface area (Å²) in [5.74, 6) is -0.704. The molecule has 0 fully saturated rings. The van der Waals surface area contributed by atoms with E-state index in [4.69, 9.17) is 4.74 Å². The average molecular weight is 407 g/mol. The van der Waals surface area contributed by atoms with Gasteiger partial charge < -0.3 is 19.8 Å². The number of aromatic amines is 1. The van der Waals surface area contributed by atoms with Crippen molar-refractivity contribution in [2.45, 2.75) is 39.3 Å². The number of hydrogen-bond acceptors (Lipinski definition) is 8. The number of hydrogen-bond donors (Lipinski definition) is 4. The third-order valence-corrected chi connectivity index (χ3v) is 3.97. The Morgan fingerprint density at radius 3 is 2.52 bits per heavy atom. The Hall–Kier alpha value is -3.19. The normalized spacial score (nSPS) is 12.4. The van der Waals surface area contributed by atoms with E-state index in [1.807, 2.05) is 0 Å². The third-order valence-electron chi connectivity index (χ3n) is 3.97. The molecule has 0 radical (unpaired) electrons. The molecule has 0 aliphatic rings. The summed E-state index contributed by atoms with van der Waals surface area (Å²) in [5, 5.41) is 32.3. The molecule has 156 valence electrons. The first kappa shape index (κ1) is 22.1. The number of amides is 2. The summed E-state index contributed by atoms with van der Waals surface area (Å²) in [4.78, 5) is 42.9. The molecule has 0 saturated carbocycles. The van der Waals surface area contributed by atoms with E-state index in [0.29, 0.717) is 0 Å². The predicted octanol–water partition coefficient (Wildman–Crippen LogP) is 0.345. The van der Waals surface area contributed by atoms with Crippen molar-refractivity contribution in [2.24, 2.45) is 0 Å². The number of fused-ring (bicyclic) bond motifs is 1. The predicted molar refractivity (Wildman–Crippen MR) is 105 cm³/mol. The van der Waals surface area contributed by atoms with Gasteiger partial charge in [0.15, 0.2) is 5.52 Å². The number of nitrogens with zero attached hydrogens (tertiary/aromatic N) is 3. The summed E-state index contributed by atoms with van der Waals surface area (Å²) < 4.78 is 5.21. The molecule has 0 saturated heterocycles. The van der Waals surface area contributed by atoms with Crippen LogP contribution in [0.2, 0.25) is 0 Å². The SMILES string of the molecule is CC(C(=O)Nc1nc2c([N+](=O)[O-])cc(B(O)O)cc2[nH]1)N(C)C(=O)OC(C)(C)C. The number of non-ortho nitro benzene ring substituents is 1. The number of nitrogens with one attached hydrogen (secondary N) is 2. The Kier molecular flexibility index (Phi) is 6.14. The summed E-state index contributed by atoms with van der Waals surface area (Å²) >= 11 is 0. The molecule has 0 spiro atoms. The van der Waals surface area contributed by atoms with E-state index >= 15 is 0 Å². The maximum atomic E-state index is 12.5. The molecule has 2 aromatic rings. The number of rotatable bonds is 5. The lowest BCUT2D eigenvalue weighted by Crippen LogP contribution is -2.45. The van der Waals surface area contributed by atoms with E-state index in [9.17, 15) is 29.8 Å². The first-order valence-electron chi connectivity index (χ1n) is 8.61. The minimum Gasteiger partial charge on any atom is -0.444 e. The van der Waals surface area contributed by atoms with E-state index in [2.05, 4.69) is 15.3 Å². The van der Waals surface area contributed by atoms with Crippen LogP contribution in [0, 0.1) is 10.1 Å². The second-order valence-electron chi connectivity index (χ2n) is 7.41. The van der Waals surface area contributed by atoms with E-state index < -0.39 is 41.4 Å². The minimum absolute atomic E-state index is 0.0668. The second-order valence-corrected chi connectivity index (χ2v) is 7.41. The minimum atomic E-state index is -1.91. The molecule has 4 N–H and O–H groups in total. The highest BCUT2D eigenvalue weighted by Crippen LogP contribution is 2.24. The van der Waals surface area contributed by atoms with Crippen molar-refractivity contribution < 1.29 is 29.3 Å². The van der Waals surface area contributed by atoms with Gasteiger partial charge in [-0.3, -0.25) is 25.1 Å². The summed E-state index contributed by atoms with van der Waals surface area (Å²) in [6.45, 7) is 6.57. The van der Waals surface area contributed by atoms with Crippen molar-refractivity contribution in [2.75, 3.05) is 12.4 Å². The third kappa shape index (κ3) is 5.21. The number of nitro benzene ring substituents is 1. The summed E-state index contributed by atoms with van der Waals surface area (Å²) in [7, 11) is -0.515. The zero-order chi connectivity index (χ0) is 22.1. The van der Waals surface area contributed by atoms with Gasteiger partial charge in [-0.25, -0.2) is 9.78 Å². The molecule has 0 aliphatic heterocycles. The highest BCUT2D eigenvalue weighted by atomic mass is 16.6. The zero-order valence-electron chi connectivity index (χ0n) is 16.6. The molecule has 1 unspecified atom stereocenters. The largest absolute Gasteiger partial charge is 0.488 e. The monoisotopic (exact) mass is 407 g/mol. The van der Waals surface area contributed by atoms with Crippen molar-refractivity contribution in [3.8, 4) is 0 Å². The van der Waals surface area contributed by atoms with E-state index in [1.54, 1.807) is 20.8 Å². The number of carbonyl (C=O) groups is 2. The number of carbonyl (C=O) groups excluding carboxylic acids is 2. The van der Waals surface area contributed by atoms with Gasteiger partial charge in [0, 0.05) is 13.1 Å². The van der Waals surface area contributed by atoms with Gasteiger partial charge in [-0.05, 0) is 39.2 Å². The van der Waals surface area contributed by atoms with Crippen LogP contribution in [-0.2, 0) is 9.53 Å². The van der Waals surface area contributed by atoms with Crippen molar-refractivity contribution >= 4 is 47.3 Å². The fraction of sp³-hybridized carbons (Fsp3) is 0.438. The number of H-pyrrole nitrogens is 1. The fourth-order valence-corrected chi connectivity index (χ4v) is 2.36. The van der Waals surface area contributed by atoms with Gasteiger partial charge in [0.1, 0.15) is 11.6 Å². The van der Waals surface area contributed by atoms with Crippen LogP contribution in [0.15, 0.2) is 12.1 Å². The van der Waals surface area contributed by atoms with Crippen LogP contribution in [-0.4, -0.2) is 67.6 Å². The van der Waals surface area contributed by atoms with Crippen LogP contribution in [0.5, 0.6) is 0 Å². The molecule has 1 heterocycles. The van der Waals surface area contributed by atoms with Gasteiger partial charge in [-0.15, -0.1) is 0 Å². The lowest BCUT2D eigenvalue weighted by atomic mass is 9.80. The van der Waals surface area contributed by atoms with E-state index in [1.165, 1.54) is 20.0 Å². The van der Waals surface area contributed by atoms with Gasteiger partial charge in [0.25, 0.3) is 5.69 Å². The van der Waals surface area contributed by atoms with Gasteiger partial charge in [0.05, 0.1) is 10.4 Å². The maximum absolute atomic E-state index is 12.5. The number of benzene rings is 1. The first-order chi connectivity index (χ1) is 13.3.